The van der Waals surface area contributed by atoms with Crippen LogP contribution in [-0.2, 0) is 0 Å². The van der Waals surface area contributed by atoms with Gasteiger partial charge in [-0.2, -0.15) is 0 Å². The van der Waals surface area contributed by atoms with Gasteiger partial charge in [0.1, 0.15) is 0 Å². The quantitative estimate of drug-likeness (QED) is 0.278. The van der Waals surface area contributed by atoms with Crippen molar-refractivity contribution in [3.63, 3.8) is 0 Å². The van der Waals surface area contributed by atoms with E-state index in [4.69, 9.17) is 46.4 Å². The third-order valence-corrected chi connectivity index (χ3v) is 6.50. The van der Waals surface area contributed by atoms with E-state index >= 15 is 0 Å². The summed E-state index contributed by atoms with van der Waals surface area (Å²) in [6, 6.07) is 10.9. The van der Waals surface area contributed by atoms with Crippen LogP contribution in [0.2, 0.25) is 20.1 Å². The van der Waals surface area contributed by atoms with Crippen LogP contribution < -0.4 is 0 Å². The molecule has 0 saturated carbocycles. The Morgan fingerprint density at radius 1 is 0.656 bits per heavy atom. The number of hydrogen-bond acceptors (Lipinski definition) is 4. The van der Waals surface area contributed by atoms with Crippen molar-refractivity contribution in [3.8, 4) is 0 Å². The number of nitrogens with zero attached hydrogens (tertiary/aromatic N) is 4. The number of benzene rings is 2. The molecule has 0 unspecified atom stereocenters. The van der Waals surface area contributed by atoms with Crippen LogP contribution in [0.5, 0.6) is 0 Å². The standard InChI is InChI=1S/C24H28Cl4N4/c25-21-5-3-19(23(27)15-21)17-29-7-1-9-31-11-13-32(14-12-31)10-2-8-30-18-20-4-6-22(26)16-24(20)28/h3-6,15-18H,1-2,7-14H2. The molecule has 1 saturated heterocycles. The van der Waals surface area contributed by atoms with E-state index in [2.05, 4.69) is 19.8 Å². The van der Waals surface area contributed by atoms with E-state index < -0.39 is 0 Å². The maximum absolute atomic E-state index is 6.16. The lowest BCUT2D eigenvalue weighted by Crippen LogP contribution is -2.46. The number of aliphatic imine (C=N–C) groups is 2. The van der Waals surface area contributed by atoms with Crippen LogP contribution in [-0.4, -0.2) is 74.6 Å². The highest BCUT2D eigenvalue weighted by Gasteiger charge is 2.15. The van der Waals surface area contributed by atoms with Crippen LogP contribution in [0.3, 0.4) is 0 Å². The van der Waals surface area contributed by atoms with Gasteiger partial charge in [0, 0.05) is 72.9 Å². The summed E-state index contributed by atoms with van der Waals surface area (Å²) in [6.07, 6.45) is 5.76. The van der Waals surface area contributed by atoms with Crippen molar-refractivity contribution in [2.75, 3.05) is 52.4 Å². The van der Waals surface area contributed by atoms with Crippen LogP contribution in [0.25, 0.3) is 0 Å². The number of hydrogen-bond donors (Lipinski definition) is 0. The van der Waals surface area contributed by atoms with Gasteiger partial charge in [0.25, 0.3) is 0 Å². The van der Waals surface area contributed by atoms with Gasteiger partial charge in [-0.05, 0) is 50.2 Å². The first-order valence-corrected chi connectivity index (χ1v) is 12.4. The molecule has 0 aliphatic carbocycles. The first kappa shape index (κ1) is 25.5. The Balaban J connectivity index is 1.26. The van der Waals surface area contributed by atoms with Crippen molar-refractivity contribution in [2.24, 2.45) is 9.98 Å². The Morgan fingerprint density at radius 3 is 1.44 bits per heavy atom. The summed E-state index contributed by atoms with van der Waals surface area (Å²) in [7, 11) is 0. The molecule has 0 bridgehead atoms. The molecular weight excluding hydrogens is 486 g/mol. The molecule has 1 heterocycles. The Bertz CT molecular complexity index is 849. The molecule has 8 heteroatoms. The highest BCUT2D eigenvalue weighted by atomic mass is 35.5. The number of halogens is 4. The van der Waals surface area contributed by atoms with Gasteiger partial charge in [-0.15, -0.1) is 0 Å². The molecule has 0 amide bonds. The minimum absolute atomic E-state index is 0.636. The van der Waals surface area contributed by atoms with Gasteiger partial charge >= 0.3 is 0 Å². The SMILES string of the molecule is Clc1ccc(C=NCCCN2CCN(CCCN=Cc3ccc(Cl)cc3Cl)CC2)c(Cl)c1. The first-order chi connectivity index (χ1) is 15.5. The molecule has 2 aromatic rings. The Hall–Kier alpha value is -1.14. The minimum Gasteiger partial charge on any atom is -0.301 e. The van der Waals surface area contributed by atoms with E-state index in [0.717, 1.165) is 76.3 Å². The molecule has 32 heavy (non-hydrogen) atoms. The van der Waals surface area contributed by atoms with E-state index in [-0.39, 0.29) is 0 Å². The van der Waals surface area contributed by atoms with Crippen LogP contribution in [0.1, 0.15) is 24.0 Å². The van der Waals surface area contributed by atoms with Gasteiger partial charge in [-0.3, -0.25) is 9.98 Å². The van der Waals surface area contributed by atoms with Crippen molar-refractivity contribution >= 4 is 58.8 Å². The second-order valence-corrected chi connectivity index (χ2v) is 9.48. The Kier molecular flexibility index (Phi) is 10.8. The molecule has 3 rings (SSSR count). The van der Waals surface area contributed by atoms with Gasteiger partial charge in [-0.1, -0.05) is 58.5 Å². The van der Waals surface area contributed by atoms with Crippen molar-refractivity contribution in [1.82, 2.24) is 9.80 Å². The predicted molar refractivity (Wildman–Crippen MR) is 140 cm³/mol. The molecule has 4 nitrogen and oxygen atoms in total. The molecule has 0 N–H and O–H groups in total. The molecule has 0 aromatic heterocycles. The zero-order valence-corrected chi connectivity index (χ0v) is 21.0. The maximum atomic E-state index is 6.16. The molecule has 1 aliphatic heterocycles. The van der Waals surface area contributed by atoms with Crippen LogP contribution in [0, 0.1) is 0 Å². The van der Waals surface area contributed by atoms with E-state index in [0.29, 0.717) is 20.1 Å². The summed E-state index contributed by atoms with van der Waals surface area (Å²) in [5, 5.41) is 2.55. The number of piperazine rings is 1. The van der Waals surface area contributed by atoms with Crippen molar-refractivity contribution in [2.45, 2.75) is 12.8 Å². The lowest BCUT2D eigenvalue weighted by Gasteiger charge is -2.34. The molecular formula is C24H28Cl4N4. The lowest BCUT2D eigenvalue weighted by atomic mass is 10.2. The monoisotopic (exact) mass is 512 g/mol. The zero-order chi connectivity index (χ0) is 22.8. The summed E-state index contributed by atoms with van der Waals surface area (Å²) >= 11 is 24.2. The fourth-order valence-electron chi connectivity index (χ4n) is 3.55. The third-order valence-electron chi connectivity index (χ3n) is 5.37. The third kappa shape index (κ3) is 8.66. The molecule has 1 aliphatic rings. The summed E-state index contributed by atoms with van der Waals surface area (Å²) in [6.45, 7) is 8.18. The molecule has 0 atom stereocenters. The Labute approximate surface area is 210 Å². The average molecular weight is 514 g/mol. The smallest absolute Gasteiger partial charge is 0.0508 e. The normalized spacial score (nSPS) is 15.9. The molecule has 2 aromatic carbocycles. The predicted octanol–water partition coefficient (Wildman–Crippen LogP) is 6.24. The summed E-state index contributed by atoms with van der Waals surface area (Å²) in [5.74, 6) is 0. The van der Waals surface area contributed by atoms with Crippen molar-refractivity contribution in [3.05, 3.63) is 67.6 Å². The molecule has 0 spiro atoms. The van der Waals surface area contributed by atoms with Gasteiger partial charge in [0.05, 0.1) is 10.0 Å². The van der Waals surface area contributed by atoms with Crippen molar-refractivity contribution < 1.29 is 0 Å². The highest BCUT2D eigenvalue weighted by molar-refractivity contribution is 6.36. The topological polar surface area (TPSA) is 31.2 Å². The lowest BCUT2D eigenvalue weighted by molar-refractivity contribution is 0.131. The summed E-state index contributed by atoms with van der Waals surface area (Å²) in [4.78, 5) is 14.0. The van der Waals surface area contributed by atoms with Crippen LogP contribution in [0.4, 0.5) is 0 Å². The second-order valence-electron chi connectivity index (χ2n) is 7.79. The van der Waals surface area contributed by atoms with Gasteiger partial charge in [-0.25, -0.2) is 0 Å². The first-order valence-electron chi connectivity index (χ1n) is 10.9. The van der Waals surface area contributed by atoms with Crippen LogP contribution >= 0.6 is 46.4 Å². The molecule has 0 radical (unpaired) electrons. The zero-order valence-electron chi connectivity index (χ0n) is 18.0. The van der Waals surface area contributed by atoms with Crippen molar-refractivity contribution in [1.29, 1.82) is 0 Å². The average Bonchev–Trinajstić information content (AvgIpc) is 2.77. The van der Waals surface area contributed by atoms with Gasteiger partial charge in [0.15, 0.2) is 0 Å². The maximum Gasteiger partial charge on any atom is 0.0508 e. The largest absolute Gasteiger partial charge is 0.301 e. The van der Waals surface area contributed by atoms with E-state index in [1.807, 2.05) is 36.7 Å². The van der Waals surface area contributed by atoms with Gasteiger partial charge in [0.2, 0.25) is 0 Å². The minimum atomic E-state index is 0.636. The van der Waals surface area contributed by atoms with E-state index in [1.165, 1.54) is 0 Å². The van der Waals surface area contributed by atoms with Crippen LogP contribution in [0.15, 0.2) is 46.4 Å². The van der Waals surface area contributed by atoms with Gasteiger partial charge < -0.3 is 9.80 Å². The van der Waals surface area contributed by atoms with E-state index in [9.17, 15) is 0 Å². The second kappa shape index (κ2) is 13.5. The highest BCUT2D eigenvalue weighted by Crippen LogP contribution is 2.20. The summed E-state index contributed by atoms with van der Waals surface area (Å²) in [5.41, 5.74) is 1.82. The molecule has 1 fully saturated rings. The van der Waals surface area contributed by atoms with E-state index in [1.54, 1.807) is 12.1 Å². The number of rotatable bonds is 10. The summed E-state index contributed by atoms with van der Waals surface area (Å²) < 4.78 is 0. The fraction of sp³-hybridized carbons (Fsp3) is 0.417. The fourth-order valence-corrected chi connectivity index (χ4v) is 4.46. The molecule has 172 valence electrons. The Morgan fingerprint density at radius 2 is 1.06 bits per heavy atom.